The van der Waals surface area contributed by atoms with E-state index in [0.717, 1.165) is 10.0 Å². The SMILES string of the molecule is CNC(Cc1cccc(OC)c1F)c1cccc(Br)c1. The zero-order valence-corrected chi connectivity index (χ0v) is 13.1. The standard InChI is InChI=1S/C16H17BrFNO/c1-19-14(11-5-3-7-13(17)9-11)10-12-6-4-8-15(20-2)16(12)18/h3-9,14,19H,10H2,1-2H3. The molecule has 0 amide bonds. The number of ether oxygens (including phenoxy) is 1. The van der Waals surface area contributed by atoms with Gasteiger partial charge in [-0.2, -0.15) is 0 Å². The summed E-state index contributed by atoms with van der Waals surface area (Å²) in [5.41, 5.74) is 1.76. The molecule has 0 spiro atoms. The lowest BCUT2D eigenvalue weighted by Crippen LogP contribution is -2.19. The molecule has 1 unspecified atom stereocenters. The first-order valence-corrected chi connectivity index (χ1v) is 7.19. The molecule has 2 rings (SSSR count). The van der Waals surface area contributed by atoms with Crippen LogP contribution in [-0.4, -0.2) is 14.2 Å². The minimum atomic E-state index is -0.287. The molecule has 1 atom stereocenters. The van der Waals surface area contributed by atoms with E-state index in [2.05, 4.69) is 21.2 Å². The number of hydrogen-bond donors (Lipinski definition) is 1. The van der Waals surface area contributed by atoms with Gasteiger partial charge in [0.15, 0.2) is 11.6 Å². The predicted molar refractivity (Wildman–Crippen MR) is 82.6 cm³/mol. The van der Waals surface area contributed by atoms with E-state index in [0.29, 0.717) is 12.0 Å². The van der Waals surface area contributed by atoms with Crippen molar-refractivity contribution in [2.24, 2.45) is 0 Å². The Morgan fingerprint density at radius 3 is 2.65 bits per heavy atom. The van der Waals surface area contributed by atoms with Crippen LogP contribution in [0.4, 0.5) is 4.39 Å². The second-order valence-corrected chi connectivity index (χ2v) is 5.45. The molecule has 0 heterocycles. The van der Waals surface area contributed by atoms with Crippen LogP contribution >= 0.6 is 15.9 Å². The highest BCUT2D eigenvalue weighted by Gasteiger charge is 2.15. The van der Waals surface area contributed by atoms with E-state index in [1.165, 1.54) is 7.11 Å². The van der Waals surface area contributed by atoms with Gasteiger partial charge in [-0.25, -0.2) is 4.39 Å². The maximum Gasteiger partial charge on any atom is 0.168 e. The van der Waals surface area contributed by atoms with E-state index in [-0.39, 0.29) is 17.6 Å². The molecular formula is C16H17BrFNO. The molecule has 2 nitrogen and oxygen atoms in total. The topological polar surface area (TPSA) is 21.3 Å². The molecule has 106 valence electrons. The van der Waals surface area contributed by atoms with Crippen molar-refractivity contribution in [3.8, 4) is 5.75 Å². The summed E-state index contributed by atoms with van der Waals surface area (Å²) in [6.45, 7) is 0. The molecule has 0 aliphatic rings. The molecule has 2 aromatic carbocycles. The van der Waals surface area contributed by atoms with E-state index in [9.17, 15) is 4.39 Å². The number of methoxy groups -OCH3 is 1. The van der Waals surface area contributed by atoms with Gasteiger partial charge in [-0.15, -0.1) is 0 Å². The second kappa shape index (κ2) is 6.86. The summed E-state index contributed by atoms with van der Waals surface area (Å²) in [6, 6.07) is 13.3. The van der Waals surface area contributed by atoms with Crippen LogP contribution in [0.2, 0.25) is 0 Å². The zero-order chi connectivity index (χ0) is 14.5. The fourth-order valence-electron chi connectivity index (χ4n) is 2.20. The lowest BCUT2D eigenvalue weighted by atomic mass is 9.98. The Morgan fingerprint density at radius 1 is 1.25 bits per heavy atom. The average molecular weight is 338 g/mol. The third-order valence-electron chi connectivity index (χ3n) is 3.29. The first-order valence-electron chi connectivity index (χ1n) is 6.39. The van der Waals surface area contributed by atoms with Crippen molar-refractivity contribution in [3.05, 3.63) is 63.9 Å². The Bertz CT molecular complexity index is 588. The molecular weight excluding hydrogens is 321 g/mol. The molecule has 0 aliphatic carbocycles. The number of rotatable bonds is 5. The fourth-order valence-corrected chi connectivity index (χ4v) is 2.62. The van der Waals surface area contributed by atoms with Gasteiger partial charge in [-0.1, -0.05) is 40.2 Å². The van der Waals surface area contributed by atoms with Gasteiger partial charge in [0.25, 0.3) is 0 Å². The number of hydrogen-bond acceptors (Lipinski definition) is 2. The van der Waals surface area contributed by atoms with Crippen molar-refractivity contribution in [2.75, 3.05) is 14.2 Å². The molecule has 2 aromatic rings. The predicted octanol–water partition coefficient (Wildman–Crippen LogP) is 4.10. The highest BCUT2D eigenvalue weighted by Crippen LogP contribution is 2.26. The van der Waals surface area contributed by atoms with Gasteiger partial charge in [-0.05, 0) is 42.8 Å². The number of nitrogens with one attached hydrogen (secondary N) is 1. The Balaban J connectivity index is 2.27. The minimum Gasteiger partial charge on any atom is -0.494 e. The smallest absolute Gasteiger partial charge is 0.168 e. The Morgan fingerprint density at radius 2 is 2.00 bits per heavy atom. The van der Waals surface area contributed by atoms with Gasteiger partial charge in [-0.3, -0.25) is 0 Å². The van der Waals surface area contributed by atoms with Crippen LogP contribution in [0, 0.1) is 5.82 Å². The molecule has 1 N–H and O–H groups in total. The monoisotopic (exact) mass is 337 g/mol. The van der Waals surface area contributed by atoms with E-state index < -0.39 is 0 Å². The molecule has 0 bridgehead atoms. The summed E-state index contributed by atoms with van der Waals surface area (Å²) in [4.78, 5) is 0. The van der Waals surface area contributed by atoms with Crippen molar-refractivity contribution in [1.29, 1.82) is 0 Å². The van der Waals surface area contributed by atoms with Crippen LogP contribution in [0.1, 0.15) is 17.2 Å². The lowest BCUT2D eigenvalue weighted by molar-refractivity contribution is 0.383. The third-order valence-corrected chi connectivity index (χ3v) is 3.78. The van der Waals surface area contributed by atoms with E-state index in [4.69, 9.17) is 4.74 Å². The van der Waals surface area contributed by atoms with E-state index in [1.807, 2.05) is 37.4 Å². The first kappa shape index (κ1) is 15.0. The highest BCUT2D eigenvalue weighted by molar-refractivity contribution is 9.10. The largest absolute Gasteiger partial charge is 0.494 e. The van der Waals surface area contributed by atoms with E-state index >= 15 is 0 Å². The van der Waals surface area contributed by atoms with E-state index in [1.54, 1.807) is 12.1 Å². The number of likely N-dealkylation sites (N-methyl/N-ethyl adjacent to an activating group) is 1. The van der Waals surface area contributed by atoms with Gasteiger partial charge in [0.1, 0.15) is 0 Å². The number of halogens is 2. The molecule has 0 aliphatic heterocycles. The normalized spacial score (nSPS) is 12.2. The van der Waals surface area contributed by atoms with Crippen molar-refractivity contribution in [2.45, 2.75) is 12.5 Å². The summed E-state index contributed by atoms with van der Waals surface area (Å²) in [6.07, 6.45) is 0.565. The van der Waals surface area contributed by atoms with Gasteiger partial charge in [0.05, 0.1) is 7.11 Å². The highest BCUT2D eigenvalue weighted by atomic mass is 79.9. The lowest BCUT2D eigenvalue weighted by Gasteiger charge is -2.18. The maximum absolute atomic E-state index is 14.2. The molecule has 4 heteroatoms. The summed E-state index contributed by atoms with van der Waals surface area (Å²) >= 11 is 3.46. The summed E-state index contributed by atoms with van der Waals surface area (Å²) in [5.74, 6) is -0.00292. The van der Waals surface area contributed by atoms with Gasteiger partial charge < -0.3 is 10.1 Å². The van der Waals surface area contributed by atoms with Crippen LogP contribution in [0.15, 0.2) is 46.9 Å². The fraction of sp³-hybridized carbons (Fsp3) is 0.250. The van der Waals surface area contributed by atoms with Crippen molar-refractivity contribution in [3.63, 3.8) is 0 Å². The van der Waals surface area contributed by atoms with Gasteiger partial charge in [0, 0.05) is 10.5 Å². The average Bonchev–Trinajstić information content (AvgIpc) is 2.46. The zero-order valence-electron chi connectivity index (χ0n) is 11.5. The Kier molecular flexibility index (Phi) is 5.15. The van der Waals surface area contributed by atoms with Crippen LogP contribution in [0.25, 0.3) is 0 Å². The molecule has 0 saturated heterocycles. The molecule has 0 fully saturated rings. The Hall–Kier alpha value is -1.39. The third kappa shape index (κ3) is 3.38. The molecule has 0 saturated carbocycles. The summed E-state index contributed by atoms with van der Waals surface area (Å²) in [5, 5.41) is 3.23. The van der Waals surface area contributed by atoms with Crippen LogP contribution in [0.3, 0.4) is 0 Å². The van der Waals surface area contributed by atoms with Gasteiger partial charge in [0.2, 0.25) is 0 Å². The number of benzene rings is 2. The van der Waals surface area contributed by atoms with Crippen LogP contribution < -0.4 is 10.1 Å². The van der Waals surface area contributed by atoms with Crippen LogP contribution in [0.5, 0.6) is 5.75 Å². The molecule has 0 aromatic heterocycles. The second-order valence-electron chi connectivity index (χ2n) is 4.53. The van der Waals surface area contributed by atoms with Crippen molar-refractivity contribution < 1.29 is 9.13 Å². The Labute approximate surface area is 127 Å². The van der Waals surface area contributed by atoms with Gasteiger partial charge >= 0.3 is 0 Å². The first-order chi connectivity index (χ1) is 9.65. The summed E-state index contributed by atoms with van der Waals surface area (Å²) < 4.78 is 20.2. The molecule has 0 radical (unpaired) electrons. The maximum atomic E-state index is 14.2. The van der Waals surface area contributed by atoms with Crippen molar-refractivity contribution in [1.82, 2.24) is 5.32 Å². The summed E-state index contributed by atoms with van der Waals surface area (Å²) in [7, 11) is 3.36. The molecule has 20 heavy (non-hydrogen) atoms. The minimum absolute atomic E-state index is 0.0501. The quantitative estimate of drug-likeness (QED) is 0.886. The van der Waals surface area contributed by atoms with Crippen molar-refractivity contribution >= 4 is 15.9 Å². The van der Waals surface area contributed by atoms with Crippen LogP contribution in [-0.2, 0) is 6.42 Å².